The molecule has 0 aliphatic carbocycles. The molecule has 2 amide bonds. The highest BCUT2D eigenvalue weighted by molar-refractivity contribution is 7.18. The Morgan fingerprint density at radius 2 is 1.96 bits per heavy atom. The summed E-state index contributed by atoms with van der Waals surface area (Å²) in [4.78, 5) is 34.0. The molecule has 9 nitrogen and oxygen atoms in total. The zero-order valence-electron chi connectivity index (χ0n) is 25.8. The van der Waals surface area contributed by atoms with Crippen molar-refractivity contribution < 1.29 is 28.2 Å². The molecule has 7 rings (SSSR count). The first-order valence-electron chi connectivity index (χ1n) is 15.2. The molecule has 0 radical (unpaired) electrons. The topological polar surface area (TPSA) is 101 Å². The fourth-order valence-electron chi connectivity index (χ4n) is 6.51. The van der Waals surface area contributed by atoms with Crippen LogP contribution in [0.5, 0.6) is 5.75 Å². The summed E-state index contributed by atoms with van der Waals surface area (Å²) in [7, 11) is 1.78. The molecule has 2 aliphatic heterocycles. The normalized spacial score (nSPS) is 15.9. The van der Waals surface area contributed by atoms with Crippen LogP contribution in [-0.2, 0) is 17.8 Å². The van der Waals surface area contributed by atoms with Crippen LogP contribution in [0.4, 0.5) is 8.78 Å². The number of carbonyl (C=O) groups excluding carboxylic acids is 2. The first-order valence-corrected chi connectivity index (χ1v) is 16.1. The maximum atomic E-state index is 16.0. The number of aliphatic hydroxyl groups excluding tert-OH is 1. The summed E-state index contributed by atoms with van der Waals surface area (Å²) < 4.78 is 38.7. The Morgan fingerprint density at radius 3 is 2.74 bits per heavy atom. The quantitative estimate of drug-likeness (QED) is 0.221. The van der Waals surface area contributed by atoms with E-state index in [1.807, 2.05) is 47.3 Å². The van der Waals surface area contributed by atoms with Gasteiger partial charge < -0.3 is 19.6 Å². The number of benzene rings is 2. The number of pyridine rings is 1. The third kappa shape index (κ3) is 5.17. The highest BCUT2D eigenvalue weighted by atomic mass is 32.1. The van der Waals surface area contributed by atoms with Crippen molar-refractivity contribution in [2.75, 3.05) is 33.4 Å². The maximum Gasteiger partial charge on any atom is 0.253 e. The van der Waals surface area contributed by atoms with Crippen LogP contribution < -0.4 is 4.74 Å². The number of aromatic nitrogens is 3. The van der Waals surface area contributed by atoms with Crippen LogP contribution >= 0.6 is 11.3 Å². The molecule has 1 unspecified atom stereocenters. The van der Waals surface area contributed by atoms with Gasteiger partial charge >= 0.3 is 0 Å². The Hall–Kier alpha value is -4.94. The fraction of sp³-hybridized carbons (Fsp3) is 0.257. The van der Waals surface area contributed by atoms with Gasteiger partial charge in [-0.1, -0.05) is 12.6 Å². The average molecular weight is 656 g/mol. The number of halogens is 2. The smallest absolute Gasteiger partial charge is 0.253 e. The van der Waals surface area contributed by atoms with Gasteiger partial charge in [0.2, 0.25) is 5.91 Å². The molecule has 0 spiro atoms. The number of nitrogens with zero attached hydrogens (tertiary/aromatic N) is 5. The van der Waals surface area contributed by atoms with Crippen LogP contribution in [0.15, 0.2) is 60.5 Å². The maximum absolute atomic E-state index is 16.0. The van der Waals surface area contributed by atoms with Crippen LogP contribution in [0.1, 0.15) is 34.6 Å². The molecule has 47 heavy (non-hydrogen) atoms. The van der Waals surface area contributed by atoms with Gasteiger partial charge in [0.1, 0.15) is 35.4 Å². The molecule has 3 aromatic heterocycles. The fourth-order valence-corrected chi connectivity index (χ4v) is 7.46. The highest BCUT2D eigenvalue weighted by Gasteiger charge is 2.32. The van der Waals surface area contributed by atoms with E-state index in [-0.39, 0.29) is 42.4 Å². The SMILES string of the molecule is C=CC(=O)N1CCn2nc(-c3nc(-c4ccc5c(c4)CCN(C)C5=O)c4ccsc4c3-c3c(F)cc(F)cc3OCCO)cc2C1C. The number of carbonyl (C=O) groups is 2. The van der Waals surface area contributed by atoms with Crippen molar-refractivity contribution in [1.82, 2.24) is 24.6 Å². The minimum Gasteiger partial charge on any atom is -0.490 e. The zero-order chi connectivity index (χ0) is 33.0. The lowest BCUT2D eigenvalue weighted by molar-refractivity contribution is -0.129. The number of ether oxygens (including phenoxy) is 1. The molecule has 240 valence electrons. The van der Waals surface area contributed by atoms with Crippen molar-refractivity contribution in [3.8, 4) is 39.5 Å². The standard InChI is InChI=1S/C35H31F2N5O4S/c1-4-29(44)41-10-11-42-27(19(41)2)18-26(39-42)33-31(30-25(37)16-22(36)17-28(30)46-13-12-43)34-24(8-14-47-34)32(38-33)21-5-6-23-20(15-21)7-9-40(3)35(23)45/h4-6,8,14-19,43H,1,7,9-13H2,2-3H3. The summed E-state index contributed by atoms with van der Waals surface area (Å²) in [6, 6.07) is 11.0. The molecule has 0 fully saturated rings. The van der Waals surface area contributed by atoms with E-state index >= 15 is 4.39 Å². The van der Waals surface area contributed by atoms with Gasteiger partial charge in [0, 0.05) is 59.0 Å². The Kier molecular flexibility index (Phi) is 7.85. The van der Waals surface area contributed by atoms with Gasteiger partial charge in [-0.2, -0.15) is 5.10 Å². The monoisotopic (exact) mass is 655 g/mol. The van der Waals surface area contributed by atoms with Crippen molar-refractivity contribution in [3.63, 3.8) is 0 Å². The predicted molar refractivity (Wildman–Crippen MR) is 175 cm³/mol. The number of aliphatic hydroxyl groups is 1. The zero-order valence-corrected chi connectivity index (χ0v) is 26.6. The molecule has 0 saturated heterocycles. The lowest BCUT2D eigenvalue weighted by atomic mass is 9.93. The molecule has 5 heterocycles. The number of likely N-dealkylation sites (N-methyl/N-ethyl adjacent to an activating group) is 1. The van der Waals surface area contributed by atoms with Gasteiger partial charge in [-0.15, -0.1) is 11.3 Å². The predicted octanol–water partition coefficient (Wildman–Crippen LogP) is 5.86. The largest absolute Gasteiger partial charge is 0.490 e. The molecule has 2 aromatic carbocycles. The number of rotatable bonds is 7. The summed E-state index contributed by atoms with van der Waals surface area (Å²) >= 11 is 1.38. The number of amides is 2. The van der Waals surface area contributed by atoms with Gasteiger partial charge in [-0.3, -0.25) is 14.3 Å². The number of fused-ring (bicyclic) bond motifs is 3. The van der Waals surface area contributed by atoms with E-state index in [2.05, 4.69) is 6.58 Å². The molecule has 0 saturated carbocycles. The summed E-state index contributed by atoms with van der Waals surface area (Å²) in [6.07, 6.45) is 1.98. The molecular weight excluding hydrogens is 624 g/mol. The Balaban J connectivity index is 1.49. The minimum atomic E-state index is -0.847. The molecule has 1 N–H and O–H groups in total. The van der Waals surface area contributed by atoms with Gasteiger partial charge in [0.15, 0.2) is 0 Å². The van der Waals surface area contributed by atoms with Crippen molar-refractivity contribution in [2.24, 2.45) is 0 Å². The van der Waals surface area contributed by atoms with Gasteiger partial charge in [0.25, 0.3) is 5.91 Å². The van der Waals surface area contributed by atoms with Crippen LogP contribution in [0, 0.1) is 11.6 Å². The number of hydrogen-bond acceptors (Lipinski definition) is 7. The van der Waals surface area contributed by atoms with E-state index in [4.69, 9.17) is 14.8 Å². The Bertz CT molecular complexity index is 2090. The first kappa shape index (κ1) is 30.7. The third-order valence-corrected chi connectivity index (χ3v) is 9.79. The van der Waals surface area contributed by atoms with Crippen LogP contribution in [0.3, 0.4) is 0 Å². The van der Waals surface area contributed by atoms with Crippen molar-refractivity contribution in [1.29, 1.82) is 0 Å². The molecule has 0 bridgehead atoms. The lowest BCUT2D eigenvalue weighted by Crippen LogP contribution is -2.40. The van der Waals surface area contributed by atoms with E-state index < -0.39 is 11.6 Å². The van der Waals surface area contributed by atoms with E-state index in [0.29, 0.717) is 59.0 Å². The number of thiophene rings is 1. The summed E-state index contributed by atoms with van der Waals surface area (Å²) in [6.45, 7) is 6.50. The van der Waals surface area contributed by atoms with E-state index in [9.17, 15) is 19.1 Å². The second-order valence-corrected chi connectivity index (χ2v) is 12.5. The minimum absolute atomic E-state index is 0.00269. The van der Waals surface area contributed by atoms with Crippen molar-refractivity contribution >= 4 is 33.2 Å². The van der Waals surface area contributed by atoms with Crippen LogP contribution in [-0.4, -0.2) is 74.8 Å². The molecule has 1 atom stereocenters. The van der Waals surface area contributed by atoms with E-state index in [0.717, 1.165) is 34.3 Å². The highest BCUT2D eigenvalue weighted by Crippen LogP contribution is 2.47. The molecule has 12 heteroatoms. The number of hydrogen-bond donors (Lipinski definition) is 1. The van der Waals surface area contributed by atoms with E-state index in [1.54, 1.807) is 16.8 Å². The first-order chi connectivity index (χ1) is 22.7. The second-order valence-electron chi connectivity index (χ2n) is 11.6. The summed E-state index contributed by atoms with van der Waals surface area (Å²) in [5.41, 5.74) is 4.92. The third-order valence-electron chi connectivity index (χ3n) is 8.86. The van der Waals surface area contributed by atoms with Crippen molar-refractivity contribution in [3.05, 3.63) is 89.0 Å². The van der Waals surface area contributed by atoms with Gasteiger partial charge in [-0.05, 0) is 54.6 Å². The lowest BCUT2D eigenvalue weighted by Gasteiger charge is -2.33. The Morgan fingerprint density at radius 1 is 1.13 bits per heavy atom. The Labute approximate surface area is 273 Å². The summed E-state index contributed by atoms with van der Waals surface area (Å²) in [5.74, 6) is -1.96. The summed E-state index contributed by atoms with van der Waals surface area (Å²) in [5, 5.41) is 17.0. The average Bonchev–Trinajstić information content (AvgIpc) is 3.73. The van der Waals surface area contributed by atoms with Crippen molar-refractivity contribution in [2.45, 2.75) is 25.9 Å². The van der Waals surface area contributed by atoms with E-state index in [1.165, 1.54) is 17.4 Å². The molecular formula is C35H31F2N5O4S. The van der Waals surface area contributed by atoms with Gasteiger partial charge in [0.05, 0.1) is 36.1 Å². The van der Waals surface area contributed by atoms with Crippen LogP contribution in [0.25, 0.3) is 43.9 Å². The molecule has 5 aromatic rings. The molecule has 2 aliphatic rings. The second kappa shape index (κ2) is 12.0. The van der Waals surface area contributed by atoms with Crippen LogP contribution in [0.2, 0.25) is 0 Å². The van der Waals surface area contributed by atoms with Gasteiger partial charge in [-0.25, -0.2) is 13.8 Å².